The first kappa shape index (κ1) is 12.9. The number of halogens is 1. The van der Waals surface area contributed by atoms with E-state index in [9.17, 15) is 4.39 Å². The molecule has 1 aromatic carbocycles. The maximum atomic E-state index is 13.8. The molecule has 1 heterocycles. The number of benzene rings is 1. The monoisotopic (exact) mass is 262 g/mol. The second-order valence-electron chi connectivity index (χ2n) is 5.98. The van der Waals surface area contributed by atoms with E-state index in [-0.39, 0.29) is 5.82 Å². The molecule has 3 heteroatoms. The minimum absolute atomic E-state index is 0.103. The smallest absolute Gasteiger partial charge is 0.125 e. The van der Waals surface area contributed by atoms with Crippen molar-refractivity contribution < 1.29 is 4.39 Å². The Hall–Kier alpha value is -1.09. The van der Waals surface area contributed by atoms with Gasteiger partial charge in [0.15, 0.2) is 0 Å². The van der Waals surface area contributed by atoms with Gasteiger partial charge in [-0.25, -0.2) is 4.39 Å². The number of nitrogens with zero attached hydrogens (tertiary/aromatic N) is 1. The minimum atomic E-state index is -0.103. The van der Waals surface area contributed by atoms with Gasteiger partial charge in [-0.2, -0.15) is 0 Å². The first-order chi connectivity index (χ1) is 9.26. The van der Waals surface area contributed by atoms with Gasteiger partial charge in [0.25, 0.3) is 0 Å². The highest BCUT2D eigenvalue weighted by Gasteiger charge is 2.37. The van der Waals surface area contributed by atoms with E-state index in [0.717, 1.165) is 43.2 Å². The Labute approximate surface area is 115 Å². The van der Waals surface area contributed by atoms with Crippen molar-refractivity contribution >= 4 is 5.69 Å². The van der Waals surface area contributed by atoms with E-state index in [1.165, 1.54) is 19.3 Å². The predicted molar refractivity (Wildman–Crippen MR) is 76.9 cm³/mol. The van der Waals surface area contributed by atoms with Gasteiger partial charge in [0.1, 0.15) is 5.82 Å². The third-order valence-corrected chi connectivity index (χ3v) is 4.44. The van der Waals surface area contributed by atoms with Crippen LogP contribution in [-0.4, -0.2) is 19.1 Å². The summed E-state index contributed by atoms with van der Waals surface area (Å²) >= 11 is 0. The number of anilines is 1. The topological polar surface area (TPSA) is 15.3 Å². The fourth-order valence-electron chi connectivity index (χ4n) is 3.55. The molecule has 2 nitrogen and oxygen atoms in total. The van der Waals surface area contributed by atoms with Gasteiger partial charge in [0.05, 0.1) is 0 Å². The Morgan fingerprint density at radius 2 is 2.21 bits per heavy atom. The Morgan fingerprint density at radius 1 is 1.32 bits per heavy atom. The van der Waals surface area contributed by atoms with Crippen molar-refractivity contribution in [2.45, 2.75) is 45.2 Å². The molecule has 1 saturated carbocycles. The SMILES string of the molecule is CCCNCc1cc(F)cc(N2CC3CCC2C3)c1. The molecule has 2 atom stereocenters. The average Bonchev–Trinajstić information content (AvgIpc) is 3.00. The molecule has 1 aliphatic carbocycles. The van der Waals surface area contributed by atoms with E-state index >= 15 is 0 Å². The van der Waals surface area contributed by atoms with Crippen LogP contribution in [0.2, 0.25) is 0 Å². The molecule has 3 rings (SSSR count). The van der Waals surface area contributed by atoms with Crippen molar-refractivity contribution in [2.75, 3.05) is 18.0 Å². The summed E-state index contributed by atoms with van der Waals surface area (Å²) in [7, 11) is 0. The number of hydrogen-bond acceptors (Lipinski definition) is 2. The lowest BCUT2D eigenvalue weighted by atomic mass is 10.1. The number of nitrogens with one attached hydrogen (secondary N) is 1. The molecule has 19 heavy (non-hydrogen) atoms. The van der Waals surface area contributed by atoms with Crippen molar-refractivity contribution in [2.24, 2.45) is 5.92 Å². The number of piperidine rings is 1. The third kappa shape index (κ3) is 2.76. The lowest BCUT2D eigenvalue weighted by Gasteiger charge is -2.29. The van der Waals surface area contributed by atoms with Crippen LogP contribution in [0.3, 0.4) is 0 Å². The van der Waals surface area contributed by atoms with E-state index in [4.69, 9.17) is 0 Å². The summed E-state index contributed by atoms with van der Waals surface area (Å²) in [5.41, 5.74) is 2.15. The Morgan fingerprint density at radius 3 is 2.89 bits per heavy atom. The lowest BCUT2D eigenvalue weighted by Crippen LogP contribution is -2.32. The molecule has 0 aromatic heterocycles. The van der Waals surface area contributed by atoms with Crippen LogP contribution in [0.25, 0.3) is 0 Å². The van der Waals surface area contributed by atoms with Gasteiger partial charge < -0.3 is 10.2 Å². The summed E-state index contributed by atoms with van der Waals surface area (Å²) in [5.74, 6) is 0.739. The first-order valence-electron chi connectivity index (χ1n) is 7.53. The van der Waals surface area contributed by atoms with Crippen LogP contribution in [0.4, 0.5) is 10.1 Å². The highest BCUT2D eigenvalue weighted by atomic mass is 19.1. The average molecular weight is 262 g/mol. The third-order valence-electron chi connectivity index (χ3n) is 4.44. The fraction of sp³-hybridized carbons (Fsp3) is 0.625. The van der Waals surface area contributed by atoms with Crippen molar-refractivity contribution in [1.82, 2.24) is 5.32 Å². The molecular weight excluding hydrogens is 239 g/mol. The molecule has 1 saturated heterocycles. The van der Waals surface area contributed by atoms with Crippen molar-refractivity contribution in [3.63, 3.8) is 0 Å². The predicted octanol–water partition coefficient (Wildman–Crippen LogP) is 3.31. The van der Waals surface area contributed by atoms with E-state index < -0.39 is 0 Å². The van der Waals surface area contributed by atoms with Crippen molar-refractivity contribution in [3.05, 3.63) is 29.6 Å². The molecule has 0 amide bonds. The summed E-state index contributed by atoms with van der Waals surface area (Å²) in [4.78, 5) is 2.42. The molecule has 2 fully saturated rings. The zero-order valence-electron chi connectivity index (χ0n) is 11.7. The molecule has 0 spiro atoms. The Balaban J connectivity index is 1.74. The molecule has 104 valence electrons. The highest BCUT2D eigenvalue weighted by molar-refractivity contribution is 5.51. The van der Waals surface area contributed by atoms with Gasteiger partial charge in [-0.05, 0) is 61.9 Å². The zero-order chi connectivity index (χ0) is 13.2. The second-order valence-corrected chi connectivity index (χ2v) is 5.98. The molecule has 2 aliphatic rings. The van der Waals surface area contributed by atoms with Crippen LogP contribution < -0.4 is 10.2 Å². The Bertz CT molecular complexity index is 446. The summed E-state index contributed by atoms with van der Waals surface area (Å²) in [6.45, 7) is 5.02. The maximum absolute atomic E-state index is 13.8. The normalized spacial score (nSPS) is 25.3. The van der Waals surface area contributed by atoms with Gasteiger partial charge in [-0.15, -0.1) is 0 Å². The summed E-state index contributed by atoms with van der Waals surface area (Å²) in [6.07, 6.45) is 5.06. The van der Waals surface area contributed by atoms with Crippen LogP contribution in [-0.2, 0) is 6.54 Å². The zero-order valence-corrected chi connectivity index (χ0v) is 11.7. The maximum Gasteiger partial charge on any atom is 0.125 e. The minimum Gasteiger partial charge on any atom is -0.368 e. The number of hydrogen-bond donors (Lipinski definition) is 1. The van der Waals surface area contributed by atoms with Crippen molar-refractivity contribution in [3.8, 4) is 0 Å². The largest absolute Gasteiger partial charge is 0.368 e. The molecule has 1 aliphatic heterocycles. The quantitative estimate of drug-likeness (QED) is 0.819. The van der Waals surface area contributed by atoms with E-state index in [2.05, 4.69) is 23.2 Å². The van der Waals surface area contributed by atoms with Crippen molar-refractivity contribution in [1.29, 1.82) is 0 Å². The Kier molecular flexibility index (Phi) is 3.74. The number of fused-ring (bicyclic) bond motifs is 2. The van der Waals surface area contributed by atoms with Gasteiger partial charge >= 0.3 is 0 Å². The molecule has 1 aromatic rings. The lowest BCUT2D eigenvalue weighted by molar-refractivity contribution is 0.551. The second kappa shape index (κ2) is 5.49. The highest BCUT2D eigenvalue weighted by Crippen LogP contribution is 2.40. The molecular formula is C16H23FN2. The van der Waals surface area contributed by atoms with E-state index in [1.54, 1.807) is 12.1 Å². The van der Waals surface area contributed by atoms with Crippen LogP contribution in [0.15, 0.2) is 18.2 Å². The van der Waals surface area contributed by atoms with Crippen LogP contribution >= 0.6 is 0 Å². The summed E-state index contributed by atoms with van der Waals surface area (Å²) in [6, 6.07) is 6.17. The standard InChI is InChI=1S/C16H23FN2/c1-2-5-18-10-13-6-14(17)9-16(8-13)19-11-12-3-4-15(19)7-12/h6,8-9,12,15,18H,2-5,7,10-11H2,1H3. The first-order valence-corrected chi connectivity index (χ1v) is 7.53. The molecule has 0 radical (unpaired) electrons. The van der Waals surface area contributed by atoms with Gasteiger partial charge in [-0.3, -0.25) is 0 Å². The molecule has 1 N–H and O–H groups in total. The fourth-order valence-corrected chi connectivity index (χ4v) is 3.55. The summed E-state index contributed by atoms with van der Waals surface area (Å²) in [5, 5.41) is 3.35. The van der Waals surface area contributed by atoms with Crippen LogP contribution in [0, 0.1) is 11.7 Å². The van der Waals surface area contributed by atoms with Crippen LogP contribution in [0.1, 0.15) is 38.2 Å². The van der Waals surface area contributed by atoms with Crippen LogP contribution in [0.5, 0.6) is 0 Å². The van der Waals surface area contributed by atoms with Gasteiger partial charge in [-0.1, -0.05) is 6.92 Å². The molecule has 2 bridgehead atoms. The molecule has 2 unspecified atom stereocenters. The van der Waals surface area contributed by atoms with Gasteiger partial charge in [0, 0.05) is 24.8 Å². The van der Waals surface area contributed by atoms with E-state index in [1.807, 2.05) is 0 Å². The summed E-state index contributed by atoms with van der Waals surface area (Å²) < 4.78 is 13.8. The van der Waals surface area contributed by atoms with Gasteiger partial charge in [0.2, 0.25) is 0 Å². The van der Waals surface area contributed by atoms with E-state index in [0.29, 0.717) is 6.04 Å². The number of rotatable bonds is 5.